The molecule has 25 heavy (non-hydrogen) atoms. The fourth-order valence-electron chi connectivity index (χ4n) is 2.74. The Morgan fingerprint density at radius 2 is 1.92 bits per heavy atom. The number of amides is 1. The van der Waals surface area contributed by atoms with Gasteiger partial charge in [0.05, 0.1) is 17.1 Å². The van der Waals surface area contributed by atoms with Crippen molar-refractivity contribution in [3.8, 4) is 0 Å². The predicted molar refractivity (Wildman–Crippen MR) is 89.4 cm³/mol. The Labute approximate surface area is 144 Å². The number of alkyl halides is 3. The zero-order valence-electron chi connectivity index (χ0n) is 15.1. The molecule has 0 atom stereocenters. The monoisotopic (exact) mass is 356 g/mol. The molecule has 138 valence electrons. The summed E-state index contributed by atoms with van der Waals surface area (Å²) in [7, 11) is 0. The van der Waals surface area contributed by atoms with Gasteiger partial charge in [0.25, 0.3) is 5.91 Å². The molecule has 0 unspecified atom stereocenters. The number of hydrogen-bond acceptors (Lipinski definition) is 3. The summed E-state index contributed by atoms with van der Waals surface area (Å²) < 4.78 is 40.4. The van der Waals surface area contributed by atoms with Crippen LogP contribution in [-0.4, -0.2) is 44.8 Å². The Morgan fingerprint density at radius 1 is 1.28 bits per heavy atom. The molecule has 0 bridgehead atoms. The van der Waals surface area contributed by atoms with Gasteiger partial charge in [-0.1, -0.05) is 13.8 Å². The summed E-state index contributed by atoms with van der Waals surface area (Å²) in [5.41, 5.74) is 1.28. The first-order valence-corrected chi connectivity index (χ1v) is 8.20. The van der Waals surface area contributed by atoms with Gasteiger partial charge < -0.3 is 4.90 Å². The Morgan fingerprint density at radius 3 is 2.44 bits per heavy atom. The van der Waals surface area contributed by atoms with Crippen LogP contribution < -0.4 is 0 Å². The normalized spacial score (nSPS) is 12.4. The molecule has 2 aromatic rings. The van der Waals surface area contributed by atoms with E-state index in [1.807, 2.05) is 13.8 Å². The van der Waals surface area contributed by atoms with Crippen LogP contribution in [0.3, 0.4) is 0 Å². The molecule has 2 aromatic heterocycles. The molecule has 8 heteroatoms. The summed E-state index contributed by atoms with van der Waals surface area (Å²) in [6, 6.07) is 1.55. The molecular formula is C17H23F3N4O. The fourth-order valence-corrected chi connectivity index (χ4v) is 2.74. The van der Waals surface area contributed by atoms with Crippen LogP contribution >= 0.6 is 0 Å². The number of carbonyl (C=O) groups excluding carboxylic acids is 1. The first-order valence-electron chi connectivity index (χ1n) is 8.20. The molecule has 0 aliphatic heterocycles. The number of aromatic nitrogens is 3. The van der Waals surface area contributed by atoms with Crippen molar-refractivity contribution in [2.24, 2.45) is 5.92 Å². The van der Waals surface area contributed by atoms with Crippen molar-refractivity contribution in [3.63, 3.8) is 0 Å². The van der Waals surface area contributed by atoms with Crippen molar-refractivity contribution in [1.82, 2.24) is 19.7 Å². The Kier molecular flexibility index (Phi) is 5.39. The molecule has 0 fully saturated rings. The van der Waals surface area contributed by atoms with Crippen LogP contribution in [0.5, 0.6) is 0 Å². The first kappa shape index (κ1) is 19.2. The zero-order chi connectivity index (χ0) is 18.9. The van der Waals surface area contributed by atoms with Crippen molar-refractivity contribution in [1.29, 1.82) is 0 Å². The molecule has 0 aliphatic carbocycles. The summed E-state index contributed by atoms with van der Waals surface area (Å²) in [6.45, 7) is 7.87. The molecule has 0 aliphatic rings. The maximum Gasteiger partial charge on any atom is 0.406 e. The Bertz CT molecular complexity index is 765. The lowest BCUT2D eigenvalue weighted by Crippen LogP contribution is -2.41. The van der Waals surface area contributed by atoms with E-state index in [-0.39, 0.29) is 24.1 Å². The molecule has 0 spiro atoms. The highest BCUT2D eigenvalue weighted by Gasteiger charge is 2.34. The van der Waals surface area contributed by atoms with Gasteiger partial charge in [-0.25, -0.2) is 9.67 Å². The first-order chi connectivity index (χ1) is 11.5. The summed E-state index contributed by atoms with van der Waals surface area (Å²) in [6.07, 6.45) is -2.95. The molecule has 0 aromatic carbocycles. The number of fused-ring (bicyclic) bond motifs is 1. The van der Waals surface area contributed by atoms with E-state index in [4.69, 9.17) is 0 Å². The third kappa shape index (κ3) is 4.49. The SMILES string of the molecule is Cc1cc(C(=O)N(CC(C)C)CC(F)(F)F)c2cnn(C(C)C)c2n1. The topological polar surface area (TPSA) is 51.0 Å². The summed E-state index contributed by atoms with van der Waals surface area (Å²) in [5, 5.41) is 4.71. The number of halogens is 3. The zero-order valence-corrected chi connectivity index (χ0v) is 15.1. The molecular weight excluding hydrogens is 333 g/mol. The number of nitrogens with zero attached hydrogens (tertiary/aromatic N) is 4. The minimum absolute atomic E-state index is 0.0247. The number of carbonyl (C=O) groups is 1. The van der Waals surface area contributed by atoms with Gasteiger partial charge in [0.2, 0.25) is 0 Å². The number of aryl methyl sites for hydroxylation is 1. The summed E-state index contributed by atoms with van der Waals surface area (Å²) >= 11 is 0. The Hall–Kier alpha value is -2.12. The van der Waals surface area contributed by atoms with Gasteiger partial charge in [-0.05, 0) is 32.8 Å². The van der Waals surface area contributed by atoms with Crippen molar-refractivity contribution in [2.45, 2.75) is 46.8 Å². The maximum atomic E-state index is 12.9. The van der Waals surface area contributed by atoms with Crippen LogP contribution in [-0.2, 0) is 0 Å². The van der Waals surface area contributed by atoms with Crippen molar-refractivity contribution in [3.05, 3.63) is 23.5 Å². The summed E-state index contributed by atoms with van der Waals surface area (Å²) in [5.74, 6) is -0.729. The van der Waals surface area contributed by atoms with Crippen molar-refractivity contribution in [2.75, 3.05) is 13.1 Å². The van der Waals surface area contributed by atoms with E-state index in [0.717, 1.165) is 4.90 Å². The average Bonchev–Trinajstić information content (AvgIpc) is 2.86. The minimum atomic E-state index is -4.45. The minimum Gasteiger partial charge on any atom is -0.329 e. The fraction of sp³-hybridized carbons (Fsp3) is 0.588. The van der Waals surface area contributed by atoms with Gasteiger partial charge in [0, 0.05) is 18.3 Å². The second-order valence-electron chi connectivity index (χ2n) is 6.93. The molecule has 2 rings (SSSR count). The highest BCUT2D eigenvalue weighted by Crippen LogP contribution is 2.24. The predicted octanol–water partition coefficient (Wildman–Crippen LogP) is 3.98. The quantitative estimate of drug-likeness (QED) is 0.814. The molecule has 0 saturated carbocycles. The lowest BCUT2D eigenvalue weighted by atomic mass is 10.1. The van der Waals surface area contributed by atoms with Gasteiger partial charge in [0.15, 0.2) is 5.65 Å². The number of pyridine rings is 1. The van der Waals surface area contributed by atoms with E-state index in [2.05, 4.69) is 10.1 Å². The largest absolute Gasteiger partial charge is 0.406 e. The van der Waals surface area contributed by atoms with E-state index in [9.17, 15) is 18.0 Å². The van der Waals surface area contributed by atoms with Crippen LogP contribution in [0.15, 0.2) is 12.3 Å². The van der Waals surface area contributed by atoms with Crippen LogP contribution in [0.4, 0.5) is 13.2 Å². The van der Waals surface area contributed by atoms with Gasteiger partial charge in [-0.2, -0.15) is 18.3 Å². The maximum absolute atomic E-state index is 12.9. The molecule has 0 N–H and O–H groups in total. The van der Waals surface area contributed by atoms with Crippen molar-refractivity contribution >= 4 is 16.9 Å². The second-order valence-corrected chi connectivity index (χ2v) is 6.93. The van der Waals surface area contributed by atoms with Crippen molar-refractivity contribution < 1.29 is 18.0 Å². The van der Waals surface area contributed by atoms with E-state index < -0.39 is 18.6 Å². The summed E-state index contributed by atoms with van der Waals surface area (Å²) in [4.78, 5) is 18.1. The molecule has 0 saturated heterocycles. The lowest BCUT2D eigenvalue weighted by Gasteiger charge is -2.26. The van der Waals surface area contributed by atoms with E-state index in [1.165, 1.54) is 12.3 Å². The standard InChI is InChI=1S/C17H23F3N4O/c1-10(2)8-23(9-17(18,19)20)16(25)13-6-12(5)22-15-14(13)7-21-24(15)11(3)4/h6-7,10-11H,8-9H2,1-5H3. The third-order valence-electron chi connectivity index (χ3n) is 3.66. The molecule has 0 radical (unpaired) electrons. The molecule has 1 amide bonds. The van der Waals surface area contributed by atoms with E-state index in [0.29, 0.717) is 16.7 Å². The lowest BCUT2D eigenvalue weighted by molar-refractivity contribution is -0.141. The van der Waals surface area contributed by atoms with Crippen LogP contribution in [0.1, 0.15) is 49.8 Å². The van der Waals surface area contributed by atoms with Gasteiger partial charge in [-0.3, -0.25) is 4.79 Å². The third-order valence-corrected chi connectivity index (χ3v) is 3.66. The highest BCUT2D eigenvalue weighted by molar-refractivity contribution is 6.05. The van der Waals surface area contributed by atoms with E-state index in [1.54, 1.807) is 25.5 Å². The number of rotatable bonds is 5. The second kappa shape index (κ2) is 7.01. The van der Waals surface area contributed by atoms with Crippen LogP contribution in [0.2, 0.25) is 0 Å². The average molecular weight is 356 g/mol. The van der Waals surface area contributed by atoms with Crippen LogP contribution in [0.25, 0.3) is 11.0 Å². The smallest absolute Gasteiger partial charge is 0.329 e. The van der Waals surface area contributed by atoms with E-state index >= 15 is 0 Å². The number of hydrogen-bond donors (Lipinski definition) is 0. The van der Waals surface area contributed by atoms with Crippen LogP contribution in [0, 0.1) is 12.8 Å². The Balaban J connectivity index is 2.52. The van der Waals surface area contributed by atoms with Gasteiger partial charge in [-0.15, -0.1) is 0 Å². The molecule has 5 nitrogen and oxygen atoms in total. The van der Waals surface area contributed by atoms with Gasteiger partial charge in [0.1, 0.15) is 6.54 Å². The van der Waals surface area contributed by atoms with Gasteiger partial charge >= 0.3 is 6.18 Å². The molecule has 2 heterocycles. The highest BCUT2D eigenvalue weighted by atomic mass is 19.4.